The lowest BCUT2D eigenvalue weighted by Gasteiger charge is -2.21. The Kier molecular flexibility index (Phi) is 6.78. The van der Waals surface area contributed by atoms with Crippen molar-refractivity contribution in [3.63, 3.8) is 0 Å². The molecule has 0 fully saturated rings. The summed E-state index contributed by atoms with van der Waals surface area (Å²) in [5.74, 6) is 2.68. The van der Waals surface area contributed by atoms with Gasteiger partial charge in [-0.25, -0.2) is 0 Å². The maximum atomic E-state index is 11.9. The van der Waals surface area contributed by atoms with Crippen LogP contribution < -0.4 is 16.0 Å². The molecule has 140 valence electrons. The van der Waals surface area contributed by atoms with E-state index in [4.69, 9.17) is 0 Å². The zero-order valence-electron chi connectivity index (χ0n) is 15.9. The molecule has 1 aliphatic heterocycles. The number of rotatable bonds is 5. The molecule has 0 saturated carbocycles. The second-order valence-corrected chi connectivity index (χ2v) is 7.40. The molecular formula is C17H31N7O. The molecule has 8 heteroatoms. The minimum atomic E-state index is -0.235. The average Bonchev–Trinajstić information content (AvgIpc) is 2.76. The van der Waals surface area contributed by atoms with Crippen LogP contribution in [0.1, 0.15) is 51.7 Å². The molecule has 3 N–H and O–H groups in total. The fraction of sp³-hybridized carbons (Fsp3) is 0.765. The lowest BCUT2D eigenvalue weighted by molar-refractivity contribution is -0.121. The Morgan fingerprint density at radius 3 is 2.72 bits per heavy atom. The topological polar surface area (TPSA) is 96.2 Å². The molecule has 1 aliphatic rings. The van der Waals surface area contributed by atoms with Crippen LogP contribution in [0.3, 0.4) is 0 Å². The first kappa shape index (κ1) is 19.2. The van der Waals surface area contributed by atoms with Gasteiger partial charge in [-0.2, -0.15) is 0 Å². The van der Waals surface area contributed by atoms with Crippen molar-refractivity contribution in [3.8, 4) is 0 Å². The van der Waals surface area contributed by atoms with Crippen LogP contribution >= 0.6 is 0 Å². The van der Waals surface area contributed by atoms with Gasteiger partial charge in [0.1, 0.15) is 11.6 Å². The van der Waals surface area contributed by atoms with Gasteiger partial charge < -0.3 is 20.5 Å². The van der Waals surface area contributed by atoms with E-state index in [9.17, 15) is 4.79 Å². The van der Waals surface area contributed by atoms with Crippen molar-refractivity contribution in [2.75, 3.05) is 20.1 Å². The van der Waals surface area contributed by atoms with Crippen molar-refractivity contribution in [1.82, 2.24) is 30.7 Å². The highest BCUT2D eigenvalue weighted by molar-refractivity contribution is 5.86. The molecule has 8 nitrogen and oxygen atoms in total. The minimum absolute atomic E-state index is 0.0572. The summed E-state index contributed by atoms with van der Waals surface area (Å²) in [4.78, 5) is 16.0. The van der Waals surface area contributed by atoms with Crippen molar-refractivity contribution in [2.45, 2.75) is 65.0 Å². The molecule has 0 saturated heterocycles. The van der Waals surface area contributed by atoms with Gasteiger partial charge >= 0.3 is 0 Å². The second-order valence-electron chi connectivity index (χ2n) is 7.40. The number of aromatic nitrogens is 3. The molecule has 1 amide bonds. The van der Waals surface area contributed by atoms with Crippen molar-refractivity contribution in [3.05, 3.63) is 11.6 Å². The van der Waals surface area contributed by atoms with E-state index in [0.29, 0.717) is 12.5 Å². The smallest absolute Gasteiger partial charge is 0.239 e. The summed E-state index contributed by atoms with van der Waals surface area (Å²) in [5, 5.41) is 17.8. The Morgan fingerprint density at radius 2 is 2.00 bits per heavy atom. The van der Waals surface area contributed by atoms with E-state index in [0.717, 1.165) is 31.0 Å². The zero-order valence-corrected chi connectivity index (χ0v) is 15.9. The van der Waals surface area contributed by atoms with Gasteiger partial charge in [0.25, 0.3) is 0 Å². The van der Waals surface area contributed by atoms with Crippen molar-refractivity contribution in [2.24, 2.45) is 4.99 Å². The molecule has 1 aromatic rings. The summed E-state index contributed by atoms with van der Waals surface area (Å²) in [6, 6.07) is 0. The summed E-state index contributed by atoms with van der Waals surface area (Å²) in [6.07, 6.45) is 5.45. The molecule has 2 rings (SSSR count). The number of amides is 1. The summed E-state index contributed by atoms with van der Waals surface area (Å²) in [7, 11) is 1.69. The van der Waals surface area contributed by atoms with Crippen LogP contribution in [0, 0.1) is 0 Å². The zero-order chi connectivity index (χ0) is 18.3. The van der Waals surface area contributed by atoms with Crippen LogP contribution in [0.25, 0.3) is 0 Å². The van der Waals surface area contributed by atoms with Crippen molar-refractivity contribution >= 4 is 11.9 Å². The molecule has 0 radical (unpaired) electrons. The van der Waals surface area contributed by atoms with Gasteiger partial charge in [-0.05, 0) is 33.6 Å². The third-order valence-corrected chi connectivity index (χ3v) is 3.98. The average molecular weight is 349 g/mol. The largest absolute Gasteiger partial charge is 0.356 e. The molecule has 0 aliphatic carbocycles. The van der Waals surface area contributed by atoms with E-state index in [1.54, 1.807) is 7.05 Å². The number of guanidine groups is 1. The standard InChI is InChI=1S/C17H31N7O/c1-17(2,3)21-15(25)12-20-16(18-4)19-10-9-14-23-22-13-8-6-5-7-11-24(13)14/h5-12H2,1-4H3,(H,21,25)(H2,18,19,20). The molecule has 25 heavy (non-hydrogen) atoms. The van der Waals surface area contributed by atoms with Gasteiger partial charge in [0.2, 0.25) is 5.91 Å². The first-order valence-electron chi connectivity index (χ1n) is 9.05. The third kappa shape index (κ3) is 6.36. The number of carbonyl (C=O) groups excluding carboxylic acids is 1. The molecule has 1 aromatic heterocycles. The molecule has 0 bridgehead atoms. The van der Waals surface area contributed by atoms with Gasteiger partial charge in [0.05, 0.1) is 6.54 Å². The van der Waals surface area contributed by atoms with E-state index in [2.05, 4.69) is 35.7 Å². The quantitative estimate of drug-likeness (QED) is 0.535. The van der Waals surface area contributed by atoms with E-state index < -0.39 is 0 Å². The number of nitrogens with one attached hydrogen (secondary N) is 3. The maximum Gasteiger partial charge on any atom is 0.239 e. The summed E-state index contributed by atoms with van der Waals surface area (Å²) in [6.45, 7) is 7.77. The number of hydrogen-bond donors (Lipinski definition) is 3. The van der Waals surface area contributed by atoms with E-state index in [-0.39, 0.29) is 18.0 Å². The number of nitrogens with zero attached hydrogens (tertiary/aromatic N) is 4. The second kappa shape index (κ2) is 8.82. The van der Waals surface area contributed by atoms with Gasteiger partial charge in [-0.1, -0.05) is 6.42 Å². The van der Waals surface area contributed by atoms with E-state index in [1.165, 1.54) is 19.3 Å². The predicted octanol–water partition coefficient (Wildman–Crippen LogP) is 0.627. The van der Waals surface area contributed by atoms with Gasteiger partial charge in [0, 0.05) is 38.5 Å². The highest BCUT2D eigenvalue weighted by Gasteiger charge is 2.15. The highest BCUT2D eigenvalue weighted by Crippen LogP contribution is 2.14. The lowest BCUT2D eigenvalue weighted by Crippen LogP contribution is -2.48. The van der Waals surface area contributed by atoms with Gasteiger partial charge in [-0.3, -0.25) is 9.79 Å². The maximum absolute atomic E-state index is 11.9. The van der Waals surface area contributed by atoms with Crippen molar-refractivity contribution < 1.29 is 4.79 Å². The Labute approximate surface area is 149 Å². The Bertz CT molecular complexity index is 601. The number of fused-ring (bicyclic) bond motifs is 1. The number of hydrogen-bond acceptors (Lipinski definition) is 4. The summed E-state index contributed by atoms with van der Waals surface area (Å²) in [5.41, 5.74) is -0.235. The Balaban J connectivity index is 1.76. The summed E-state index contributed by atoms with van der Waals surface area (Å²) < 4.78 is 2.25. The number of carbonyl (C=O) groups is 1. The fourth-order valence-electron chi connectivity index (χ4n) is 2.87. The normalized spacial score (nSPS) is 15.3. The van der Waals surface area contributed by atoms with E-state index >= 15 is 0 Å². The van der Waals surface area contributed by atoms with Crippen molar-refractivity contribution in [1.29, 1.82) is 0 Å². The van der Waals surface area contributed by atoms with Crippen LogP contribution in [-0.2, 0) is 24.2 Å². The van der Waals surface area contributed by atoms with Crippen LogP contribution in [0.4, 0.5) is 0 Å². The minimum Gasteiger partial charge on any atom is -0.356 e. The molecule has 0 spiro atoms. The van der Waals surface area contributed by atoms with Crippen LogP contribution in [-0.4, -0.2) is 52.3 Å². The van der Waals surface area contributed by atoms with E-state index in [1.807, 2.05) is 20.8 Å². The van der Waals surface area contributed by atoms with Gasteiger partial charge in [-0.15, -0.1) is 10.2 Å². The lowest BCUT2D eigenvalue weighted by atomic mass is 10.1. The Morgan fingerprint density at radius 1 is 1.20 bits per heavy atom. The number of aryl methyl sites for hydroxylation is 1. The predicted molar refractivity (Wildman–Crippen MR) is 98.5 cm³/mol. The number of aliphatic imine (C=N–C) groups is 1. The van der Waals surface area contributed by atoms with Crippen LogP contribution in [0.2, 0.25) is 0 Å². The van der Waals surface area contributed by atoms with Crippen LogP contribution in [0.5, 0.6) is 0 Å². The fourth-order valence-corrected chi connectivity index (χ4v) is 2.87. The summed E-state index contributed by atoms with van der Waals surface area (Å²) >= 11 is 0. The monoisotopic (exact) mass is 349 g/mol. The molecule has 0 atom stereocenters. The third-order valence-electron chi connectivity index (χ3n) is 3.98. The molecule has 0 unspecified atom stereocenters. The first-order chi connectivity index (χ1) is 11.9. The van der Waals surface area contributed by atoms with Gasteiger partial charge in [0.15, 0.2) is 5.96 Å². The Hall–Kier alpha value is -2.12. The molecule has 0 aromatic carbocycles. The molecular weight excluding hydrogens is 318 g/mol. The first-order valence-corrected chi connectivity index (χ1v) is 9.05. The highest BCUT2D eigenvalue weighted by atomic mass is 16.2. The van der Waals surface area contributed by atoms with Crippen LogP contribution in [0.15, 0.2) is 4.99 Å². The SMILES string of the molecule is CN=C(NCCc1nnc2n1CCCCC2)NCC(=O)NC(C)(C)C. The molecule has 2 heterocycles.